The van der Waals surface area contributed by atoms with E-state index in [1.54, 1.807) is 22.7 Å². The number of nitrogens with zero attached hydrogens (tertiary/aromatic N) is 6. The molecule has 0 radical (unpaired) electrons. The van der Waals surface area contributed by atoms with Crippen LogP contribution in [0.25, 0.3) is 67.0 Å². The molecule has 0 aliphatic heterocycles. The Morgan fingerprint density at radius 2 is 0.630 bits per heavy atom. The smallest absolute Gasteiger partial charge is 0.174 e. The lowest BCUT2D eigenvalue weighted by atomic mass is 9.71. The number of benzene rings is 5. The van der Waals surface area contributed by atoms with Gasteiger partial charge in [0.05, 0.1) is 9.75 Å². The fraction of sp³-hybridized carbons (Fsp3) is 0.0435. The number of thiophene rings is 2. The molecule has 4 aromatic heterocycles. The molecule has 6 nitrogen and oxygen atoms in total. The number of rotatable bonds is 9. The van der Waals surface area contributed by atoms with Crippen molar-refractivity contribution in [2.75, 3.05) is 0 Å². The molecule has 0 amide bonds. The van der Waals surface area contributed by atoms with Crippen LogP contribution in [-0.2, 0) is 5.41 Å². The van der Waals surface area contributed by atoms with E-state index in [0.29, 0.717) is 34.9 Å². The predicted octanol–water partition coefficient (Wildman–Crippen LogP) is 11.5. The van der Waals surface area contributed by atoms with Crippen LogP contribution in [0, 0.1) is 0 Å². The summed E-state index contributed by atoms with van der Waals surface area (Å²) in [7, 11) is 0. The highest BCUT2D eigenvalue weighted by molar-refractivity contribution is 7.13. The van der Waals surface area contributed by atoms with Gasteiger partial charge in [0.1, 0.15) is 0 Å². The minimum atomic E-state index is -0.467. The van der Waals surface area contributed by atoms with Gasteiger partial charge >= 0.3 is 0 Å². The number of hydrogen-bond acceptors (Lipinski definition) is 8. The summed E-state index contributed by atoms with van der Waals surface area (Å²) in [5.41, 5.74) is 6.76. The Bertz CT molecular complexity index is 2460. The zero-order valence-electron chi connectivity index (χ0n) is 29.2. The Morgan fingerprint density at radius 3 is 0.981 bits per heavy atom. The SMILES string of the molecule is CC(c1ccccc1)(c1ccc(-c2nc(-c3ccccc3)nc(-c3cccs3)n2)cc1)c1ccc(-c2nc(-c3ccccc3)nc(-c3cccs3)n2)cc1. The van der Waals surface area contributed by atoms with Crippen molar-refractivity contribution >= 4 is 22.7 Å². The van der Waals surface area contributed by atoms with E-state index in [1.165, 1.54) is 5.56 Å². The second kappa shape index (κ2) is 14.5. The van der Waals surface area contributed by atoms with Crippen LogP contribution in [0.4, 0.5) is 0 Å². The van der Waals surface area contributed by atoms with Gasteiger partial charge in [0.25, 0.3) is 0 Å². The van der Waals surface area contributed by atoms with Crippen LogP contribution in [-0.4, -0.2) is 29.9 Å². The molecule has 0 aliphatic carbocycles. The first-order valence-corrected chi connectivity index (χ1v) is 19.4. The average Bonchev–Trinajstić information content (AvgIpc) is 4.01. The summed E-state index contributed by atoms with van der Waals surface area (Å²) >= 11 is 3.24. The van der Waals surface area contributed by atoms with Gasteiger partial charge in [-0.2, -0.15) is 0 Å². The summed E-state index contributed by atoms with van der Waals surface area (Å²) in [5, 5.41) is 4.09. The molecule has 8 heteroatoms. The van der Waals surface area contributed by atoms with E-state index >= 15 is 0 Å². The maximum atomic E-state index is 4.95. The topological polar surface area (TPSA) is 77.3 Å². The fourth-order valence-electron chi connectivity index (χ4n) is 6.65. The molecule has 0 bridgehead atoms. The fourth-order valence-corrected chi connectivity index (χ4v) is 7.97. The molecular formula is C46H32N6S2. The second-order valence-electron chi connectivity index (χ2n) is 12.9. The second-order valence-corrected chi connectivity index (χ2v) is 14.8. The van der Waals surface area contributed by atoms with Gasteiger partial charge < -0.3 is 0 Å². The summed E-state index contributed by atoms with van der Waals surface area (Å²) < 4.78 is 0. The summed E-state index contributed by atoms with van der Waals surface area (Å²) in [6.07, 6.45) is 0. The van der Waals surface area contributed by atoms with Crippen molar-refractivity contribution < 1.29 is 0 Å². The molecule has 0 N–H and O–H groups in total. The van der Waals surface area contributed by atoms with Gasteiger partial charge in [-0.15, -0.1) is 22.7 Å². The first-order valence-electron chi connectivity index (χ1n) is 17.6. The van der Waals surface area contributed by atoms with Crippen LogP contribution in [0.2, 0.25) is 0 Å². The third-order valence-corrected chi connectivity index (χ3v) is 11.3. The van der Waals surface area contributed by atoms with Crippen molar-refractivity contribution in [1.82, 2.24) is 29.9 Å². The van der Waals surface area contributed by atoms with Gasteiger partial charge in [-0.3, -0.25) is 0 Å². The molecule has 9 rings (SSSR count). The zero-order valence-corrected chi connectivity index (χ0v) is 30.9. The molecule has 9 aromatic rings. The molecule has 5 aromatic carbocycles. The van der Waals surface area contributed by atoms with Crippen LogP contribution in [0.1, 0.15) is 23.6 Å². The molecule has 0 saturated carbocycles. The van der Waals surface area contributed by atoms with Crippen LogP contribution in [0.3, 0.4) is 0 Å². The van der Waals surface area contributed by atoms with Crippen LogP contribution in [0.15, 0.2) is 175 Å². The van der Waals surface area contributed by atoms with E-state index in [-0.39, 0.29) is 0 Å². The summed E-state index contributed by atoms with van der Waals surface area (Å²) in [6, 6.07) is 56.2. The minimum Gasteiger partial charge on any atom is -0.208 e. The Labute approximate surface area is 321 Å². The maximum Gasteiger partial charge on any atom is 0.174 e. The normalized spacial score (nSPS) is 11.4. The molecular weight excluding hydrogens is 701 g/mol. The van der Waals surface area contributed by atoms with Crippen LogP contribution < -0.4 is 0 Å². The lowest BCUT2D eigenvalue weighted by Gasteiger charge is -2.32. The van der Waals surface area contributed by atoms with E-state index in [1.807, 2.05) is 95.7 Å². The van der Waals surface area contributed by atoms with E-state index in [0.717, 1.165) is 43.1 Å². The zero-order chi connectivity index (χ0) is 36.3. The molecule has 54 heavy (non-hydrogen) atoms. The highest BCUT2D eigenvalue weighted by atomic mass is 32.1. The van der Waals surface area contributed by atoms with Crippen molar-refractivity contribution in [2.24, 2.45) is 0 Å². The molecule has 0 atom stereocenters. The Kier molecular flexibility index (Phi) is 8.96. The summed E-state index contributed by atoms with van der Waals surface area (Å²) in [4.78, 5) is 31.5. The largest absolute Gasteiger partial charge is 0.208 e. The third kappa shape index (κ3) is 6.53. The maximum absolute atomic E-state index is 4.95. The monoisotopic (exact) mass is 732 g/mol. The molecule has 258 valence electrons. The average molecular weight is 733 g/mol. The highest BCUT2D eigenvalue weighted by Crippen LogP contribution is 2.40. The van der Waals surface area contributed by atoms with Gasteiger partial charge in [-0.05, 0) is 46.5 Å². The Morgan fingerprint density at radius 1 is 0.315 bits per heavy atom. The van der Waals surface area contributed by atoms with Crippen LogP contribution in [0.5, 0.6) is 0 Å². The van der Waals surface area contributed by atoms with E-state index < -0.39 is 5.41 Å². The lowest BCUT2D eigenvalue weighted by molar-refractivity contribution is 0.692. The van der Waals surface area contributed by atoms with Crippen molar-refractivity contribution in [3.05, 3.63) is 191 Å². The minimum absolute atomic E-state index is 0.467. The summed E-state index contributed by atoms with van der Waals surface area (Å²) in [5.74, 6) is 3.92. The number of hydrogen-bond donors (Lipinski definition) is 0. The molecule has 4 heterocycles. The first kappa shape index (κ1) is 33.4. The molecule has 0 aliphatic rings. The van der Waals surface area contributed by atoms with Gasteiger partial charge in [0, 0.05) is 27.7 Å². The van der Waals surface area contributed by atoms with Gasteiger partial charge in [-0.1, -0.05) is 152 Å². The number of aromatic nitrogens is 6. The standard InChI is InChI=1S/C46H32N6S2/c1-46(35-17-9-4-10-18-35,36-25-21-33(22-26-36)42-47-40(31-13-5-2-6-14-31)49-44(51-42)38-19-11-29-53-38)37-27-23-34(24-28-37)43-48-41(32-15-7-3-8-16-32)50-45(52-43)39-20-12-30-54-39/h2-30H,1H3. The Balaban J connectivity index is 1.10. The molecule has 0 unspecified atom stereocenters. The molecule has 0 fully saturated rings. The summed E-state index contributed by atoms with van der Waals surface area (Å²) in [6.45, 7) is 2.28. The van der Waals surface area contributed by atoms with E-state index in [4.69, 9.17) is 29.9 Å². The van der Waals surface area contributed by atoms with Gasteiger partial charge in [0.2, 0.25) is 0 Å². The van der Waals surface area contributed by atoms with Gasteiger partial charge in [0.15, 0.2) is 34.9 Å². The van der Waals surface area contributed by atoms with Crippen molar-refractivity contribution in [2.45, 2.75) is 12.3 Å². The van der Waals surface area contributed by atoms with Crippen molar-refractivity contribution in [1.29, 1.82) is 0 Å². The van der Waals surface area contributed by atoms with Crippen LogP contribution >= 0.6 is 22.7 Å². The first-order chi connectivity index (χ1) is 26.6. The van der Waals surface area contributed by atoms with Crippen molar-refractivity contribution in [3.8, 4) is 67.0 Å². The Hall–Kier alpha value is -6.48. The predicted molar refractivity (Wildman–Crippen MR) is 220 cm³/mol. The van der Waals surface area contributed by atoms with E-state index in [9.17, 15) is 0 Å². The third-order valence-electron chi connectivity index (χ3n) is 9.61. The van der Waals surface area contributed by atoms with Gasteiger partial charge in [-0.25, -0.2) is 29.9 Å². The molecule has 0 saturated heterocycles. The van der Waals surface area contributed by atoms with E-state index in [2.05, 4.69) is 85.8 Å². The highest BCUT2D eigenvalue weighted by Gasteiger charge is 2.31. The lowest BCUT2D eigenvalue weighted by Crippen LogP contribution is -2.25. The van der Waals surface area contributed by atoms with Crippen molar-refractivity contribution in [3.63, 3.8) is 0 Å². The quantitative estimate of drug-likeness (QED) is 0.138. The molecule has 0 spiro atoms.